The number of carboxylic acids is 1. The average molecular weight is 139 g/mol. The van der Waals surface area contributed by atoms with E-state index in [4.69, 9.17) is 5.11 Å². The van der Waals surface area contributed by atoms with Crippen molar-refractivity contribution in [1.29, 1.82) is 0 Å². The molecule has 1 saturated heterocycles. The molecule has 54 valence electrons. The highest BCUT2D eigenvalue weighted by Gasteiger charge is 2.39. The SMILES string of the molecule is O=C(O)C1=CCC2NC2C1. The van der Waals surface area contributed by atoms with E-state index >= 15 is 0 Å². The van der Waals surface area contributed by atoms with Gasteiger partial charge >= 0.3 is 5.97 Å². The first-order valence-corrected chi connectivity index (χ1v) is 3.46. The second-order valence-electron chi connectivity index (χ2n) is 2.85. The molecule has 0 spiro atoms. The Balaban J connectivity index is 2.09. The van der Waals surface area contributed by atoms with Gasteiger partial charge in [0.1, 0.15) is 0 Å². The monoisotopic (exact) mass is 139 g/mol. The minimum Gasteiger partial charge on any atom is -0.478 e. The number of hydrogen-bond donors (Lipinski definition) is 2. The molecule has 2 rings (SSSR count). The van der Waals surface area contributed by atoms with E-state index in [2.05, 4.69) is 5.32 Å². The maximum absolute atomic E-state index is 10.4. The zero-order chi connectivity index (χ0) is 7.14. The highest BCUT2D eigenvalue weighted by Crippen LogP contribution is 2.28. The molecule has 1 aliphatic heterocycles. The van der Waals surface area contributed by atoms with Crippen LogP contribution in [-0.2, 0) is 4.79 Å². The minimum absolute atomic E-state index is 0.469. The summed E-state index contributed by atoms with van der Waals surface area (Å²) in [7, 11) is 0. The van der Waals surface area contributed by atoms with Gasteiger partial charge in [-0.1, -0.05) is 6.08 Å². The quantitative estimate of drug-likeness (QED) is 0.508. The standard InChI is InChI=1S/C7H9NO2/c9-7(10)4-1-2-5-6(3-4)8-5/h1,5-6,8H,2-3H2,(H,9,10). The summed E-state index contributed by atoms with van der Waals surface area (Å²) in [4.78, 5) is 10.4. The zero-order valence-corrected chi connectivity index (χ0v) is 5.50. The second kappa shape index (κ2) is 1.83. The minimum atomic E-state index is -0.757. The van der Waals surface area contributed by atoms with E-state index in [9.17, 15) is 4.79 Å². The molecule has 0 aromatic heterocycles. The van der Waals surface area contributed by atoms with Crippen molar-refractivity contribution in [3.63, 3.8) is 0 Å². The van der Waals surface area contributed by atoms with Crippen LogP contribution in [0.5, 0.6) is 0 Å². The summed E-state index contributed by atoms with van der Waals surface area (Å²) < 4.78 is 0. The van der Waals surface area contributed by atoms with E-state index in [1.807, 2.05) is 6.08 Å². The number of nitrogens with one attached hydrogen (secondary N) is 1. The summed E-state index contributed by atoms with van der Waals surface area (Å²) in [5.74, 6) is -0.757. The number of hydrogen-bond acceptors (Lipinski definition) is 2. The molecule has 2 N–H and O–H groups in total. The molecule has 0 bridgehead atoms. The molecule has 1 aliphatic carbocycles. The molecule has 10 heavy (non-hydrogen) atoms. The molecule has 1 fully saturated rings. The normalized spacial score (nSPS) is 36.2. The Morgan fingerprint density at radius 2 is 2.50 bits per heavy atom. The van der Waals surface area contributed by atoms with Crippen molar-refractivity contribution in [2.45, 2.75) is 24.9 Å². The summed E-state index contributed by atoms with van der Waals surface area (Å²) in [6, 6.07) is 1.05. The number of aliphatic carboxylic acids is 1. The topological polar surface area (TPSA) is 59.2 Å². The van der Waals surface area contributed by atoms with Crippen molar-refractivity contribution in [3.8, 4) is 0 Å². The lowest BCUT2D eigenvalue weighted by Gasteiger charge is -2.04. The van der Waals surface area contributed by atoms with Crippen molar-refractivity contribution < 1.29 is 9.90 Å². The Kier molecular flexibility index (Phi) is 1.08. The lowest BCUT2D eigenvalue weighted by molar-refractivity contribution is -0.132. The summed E-state index contributed by atoms with van der Waals surface area (Å²) in [6.07, 6.45) is 3.43. The van der Waals surface area contributed by atoms with E-state index in [0.717, 1.165) is 6.42 Å². The van der Waals surface area contributed by atoms with E-state index in [-0.39, 0.29) is 0 Å². The first-order valence-electron chi connectivity index (χ1n) is 3.46. The molecule has 0 saturated carbocycles. The molecule has 0 aromatic rings. The van der Waals surface area contributed by atoms with Crippen LogP contribution in [0.1, 0.15) is 12.8 Å². The van der Waals surface area contributed by atoms with Crippen molar-refractivity contribution in [2.24, 2.45) is 0 Å². The largest absolute Gasteiger partial charge is 0.478 e. The molecular formula is C7H9NO2. The Labute approximate surface area is 58.7 Å². The second-order valence-corrected chi connectivity index (χ2v) is 2.85. The molecule has 0 radical (unpaired) electrons. The van der Waals surface area contributed by atoms with Gasteiger partial charge in [0.15, 0.2) is 0 Å². The predicted molar refractivity (Wildman–Crippen MR) is 35.7 cm³/mol. The molecule has 1 heterocycles. The summed E-state index contributed by atoms with van der Waals surface area (Å²) in [5.41, 5.74) is 0.575. The molecule has 2 atom stereocenters. The lowest BCUT2D eigenvalue weighted by Crippen LogP contribution is -2.09. The molecule has 2 unspecified atom stereocenters. The zero-order valence-electron chi connectivity index (χ0n) is 5.50. The van der Waals surface area contributed by atoms with Crippen molar-refractivity contribution in [3.05, 3.63) is 11.6 Å². The highest BCUT2D eigenvalue weighted by atomic mass is 16.4. The van der Waals surface area contributed by atoms with Crippen LogP contribution in [0.2, 0.25) is 0 Å². The van der Waals surface area contributed by atoms with Crippen molar-refractivity contribution >= 4 is 5.97 Å². The smallest absolute Gasteiger partial charge is 0.331 e. The fourth-order valence-electron chi connectivity index (χ4n) is 1.42. The van der Waals surface area contributed by atoms with E-state index in [1.54, 1.807) is 0 Å². The average Bonchev–Trinajstić information content (AvgIpc) is 2.63. The molecule has 3 heteroatoms. The Hall–Kier alpha value is -0.830. The van der Waals surface area contributed by atoms with E-state index in [1.165, 1.54) is 0 Å². The van der Waals surface area contributed by atoms with Gasteiger partial charge in [0.25, 0.3) is 0 Å². The van der Waals surface area contributed by atoms with Crippen molar-refractivity contribution in [2.75, 3.05) is 0 Å². The number of rotatable bonds is 1. The van der Waals surface area contributed by atoms with Gasteiger partial charge in [-0.15, -0.1) is 0 Å². The summed E-state index contributed by atoms with van der Waals surface area (Å²) in [6.45, 7) is 0. The van der Waals surface area contributed by atoms with Crippen LogP contribution in [0.4, 0.5) is 0 Å². The van der Waals surface area contributed by atoms with Crippen LogP contribution < -0.4 is 5.32 Å². The van der Waals surface area contributed by atoms with Gasteiger partial charge < -0.3 is 10.4 Å². The molecule has 2 aliphatic rings. The van der Waals surface area contributed by atoms with Crippen LogP contribution in [0.15, 0.2) is 11.6 Å². The van der Waals surface area contributed by atoms with Gasteiger partial charge in [-0.2, -0.15) is 0 Å². The van der Waals surface area contributed by atoms with E-state index in [0.29, 0.717) is 24.1 Å². The van der Waals surface area contributed by atoms with Gasteiger partial charge in [0.05, 0.1) is 0 Å². The maximum atomic E-state index is 10.4. The third kappa shape index (κ3) is 0.827. The number of carboxylic acid groups (broad SMARTS) is 1. The Morgan fingerprint density at radius 3 is 3.10 bits per heavy atom. The van der Waals surface area contributed by atoms with Crippen LogP contribution in [0.3, 0.4) is 0 Å². The fraction of sp³-hybridized carbons (Fsp3) is 0.571. The summed E-state index contributed by atoms with van der Waals surface area (Å²) >= 11 is 0. The number of fused-ring (bicyclic) bond motifs is 1. The molecule has 0 aromatic carbocycles. The third-order valence-electron chi connectivity index (χ3n) is 2.14. The predicted octanol–water partition coefficient (Wildman–Crippen LogP) is 0.132. The van der Waals surface area contributed by atoms with Gasteiger partial charge in [-0.3, -0.25) is 0 Å². The van der Waals surface area contributed by atoms with Gasteiger partial charge in [-0.25, -0.2) is 4.79 Å². The van der Waals surface area contributed by atoms with Gasteiger partial charge in [-0.05, 0) is 12.8 Å². The van der Waals surface area contributed by atoms with Crippen LogP contribution >= 0.6 is 0 Å². The van der Waals surface area contributed by atoms with Crippen LogP contribution in [-0.4, -0.2) is 23.2 Å². The Bertz CT molecular complexity index is 210. The van der Waals surface area contributed by atoms with Crippen LogP contribution in [0.25, 0.3) is 0 Å². The first kappa shape index (κ1) is 5.92. The van der Waals surface area contributed by atoms with Crippen molar-refractivity contribution in [1.82, 2.24) is 5.32 Å². The fourth-order valence-corrected chi connectivity index (χ4v) is 1.42. The van der Waals surface area contributed by atoms with Gasteiger partial charge in [0, 0.05) is 17.7 Å². The van der Waals surface area contributed by atoms with Gasteiger partial charge in [0.2, 0.25) is 0 Å². The molecule has 0 amide bonds. The van der Waals surface area contributed by atoms with E-state index < -0.39 is 5.97 Å². The lowest BCUT2D eigenvalue weighted by atomic mass is 10.0. The molecular weight excluding hydrogens is 130 g/mol. The first-order chi connectivity index (χ1) is 4.77. The third-order valence-corrected chi connectivity index (χ3v) is 2.14. The summed E-state index contributed by atoms with van der Waals surface area (Å²) in [5, 5.41) is 11.8. The van der Waals surface area contributed by atoms with Crippen LogP contribution in [0, 0.1) is 0 Å². The highest BCUT2D eigenvalue weighted by molar-refractivity contribution is 5.87. The maximum Gasteiger partial charge on any atom is 0.331 e. The molecule has 3 nitrogen and oxygen atoms in total. The Morgan fingerprint density at radius 1 is 1.70 bits per heavy atom. The number of carbonyl (C=O) groups is 1.